The molecule has 1 fully saturated rings. The van der Waals surface area contributed by atoms with Crippen molar-refractivity contribution in [3.63, 3.8) is 0 Å². The molecule has 2 rings (SSSR count). The summed E-state index contributed by atoms with van der Waals surface area (Å²) in [5.41, 5.74) is 2.00. The monoisotopic (exact) mass is 215 g/mol. The maximum atomic E-state index is 11.9. The lowest BCUT2D eigenvalue weighted by atomic mass is 9.99. The van der Waals surface area contributed by atoms with Gasteiger partial charge >= 0.3 is 0 Å². The normalized spacial score (nSPS) is 16.4. The van der Waals surface area contributed by atoms with E-state index in [2.05, 4.69) is 13.5 Å². The van der Waals surface area contributed by atoms with Gasteiger partial charge in [-0.1, -0.05) is 25.1 Å². The fourth-order valence-corrected chi connectivity index (χ4v) is 1.77. The number of amides is 1. The van der Waals surface area contributed by atoms with Crippen LogP contribution < -0.4 is 0 Å². The van der Waals surface area contributed by atoms with Gasteiger partial charge in [-0.2, -0.15) is 0 Å². The van der Waals surface area contributed by atoms with Crippen LogP contribution in [-0.4, -0.2) is 23.9 Å². The molecule has 0 bridgehead atoms. The summed E-state index contributed by atoms with van der Waals surface area (Å²) < 4.78 is 0. The molecule has 0 aliphatic carbocycles. The Hall–Kier alpha value is -1.57. The first-order valence-corrected chi connectivity index (χ1v) is 5.74. The van der Waals surface area contributed by atoms with E-state index in [-0.39, 0.29) is 5.91 Å². The van der Waals surface area contributed by atoms with Crippen molar-refractivity contribution in [1.82, 2.24) is 4.90 Å². The molecular formula is C14H17NO. The van der Waals surface area contributed by atoms with Crippen LogP contribution >= 0.6 is 0 Å². The molecule has 0 spiro atoms. The van der Waals surface area contributed by atoms with E-state index in [1.807, 2.05) is 35.2 Å². The number of rotatable bonds is 3. The van der Waals surface area contributed by atoms with Crippen LogP contribution in [-0.2, 0) is 0 Å². The maximum absolute atomic E-state index is 11.9. The maximum Gasteiger partial charge on any atom is 0.253 e. The van der Waals surface area contributed by atoms with E-state index in [0.29, 0.717) is 5.92 Å². The summed E-state index contributed by atoms with van der Waals surface area (Å²) in [5, 5.41) is 0. The zero-order valence-corrected chi connectivity index (χ0v) is 9.65. The fourth-order valence-electron chi connectivity index (χ4n) is 1.77. The first-order chi connectivity index (χ1) is 7.72. The molecule has 1 aliphatic heterocycles. The smallest absolute Gasteiger partial charge is 0.253 e. The molecular weight excluding hydrogens is 198 g/mol. The highest BCUT2D eigenvalue weighted by Crippen LogP contribution is 2.18. The largest absolute Gasteiger partial charge is 0.339 e. The van der Waals surface area contributed by atoms with Crippen LogP contribution in [0.3, 0.4) is 0 Å². The minimum Gasteiger partial charge on any atom is -0.339 e. The van der Waals surface area contributed by atoms with Gasteiger partial charge in [-0.05, 0) is 30.0 Å². The molecule has 1 atom stereocenters. The molecule has 1 aromatic carbocycles. The molecule has 1 saturated heterocycles. The Kier molecular flexibility index (Phi) is 3.09. The second-order valence-corrected chi connectivity index (χ2v) is 4.29. The van der Waals surface area contributed by atoms with Gasteiger partial charge in [-0.25, -0.2) is 0 Å². The second-order valence-electron chi connectivity index (χ2n) is 4.29. The minimum absolute atomic E-state index is 0.157. The average molecular weight is 215 g/mol. The number of hydrogen-bond acceptors (Lipinski definition) is 1. The molecule has 16 heavy (non-hydrogen) atoms. The lowest BCUT2D eigenvalue weighted by Gasteiger charge is -2.30. The lowest BCUT2D eigenvalue weighted by Crippen LogP contribution is -2.41. The number of allylic oxidation sites excluding steroid dienone is 1. The molecule has 84 valence electrons. The van der Waals surface area contributed by atoms with Gasteiger partial charge in [0.1, 0.15) is 0 Å². The molecule has 1 unspecified atom stereocenters. The summed E-state index contributed by atoms with van der Waals surface area (Å²) >= 11 is 0. The van der Waals surface area contributed by atoms with Crippen LogP contribution in [0, 0.1) is 0 Å². The Morgan fingerprint density at radius 1 is 1.38 bits per heavy atom. The first-order valence-electron chi connectivity index (χ1n) is 5.74. The van der Waals surface area contributed by atoms with Gasteiger partial charge in [-0.3, -0.25) is 4.79 Å². The Labute approximate surface area is 96.6 Å². The highest BCUT2D eigenvalue weighted by molar-refractivity contribution is 5.94. The topological polar surface area (TPSA) is 20.3 Å². The van der Waals surface area contributed by atoms with Gasteiger partial charge in [-0.15, -0.1) is 6.58 Å². The third-order valence-electron chi connectivity index (χ3n) is 3.18. The lowest BCUT2D eigenvalue weighted by molar-refractivity contribution is 0.0652. The standard InChI is InChI=1S/C14H17NO/c1-3-11(2)12-5-7-13(8-6-12)14(16)15-9-4-10-15/h3,5-8,11H,1,4,9-10H2,2H3. The van der Waals surface area contributed by atoms with Crippen LogP contribution in [0.2, 0.25) is 0 Å². The van der Waals surface area contributed by atoms with E-state index in [1.165, 1.54) is 5.56 Å². The third kappa shape index (κ3) is 2.01. The number of carbonyl (C=O) groups excluding carboxylic acids is 1. The van der Waals surface area contributed by atoms with Gasteiger partial charge in [0.05, 0.1) is 0 Å². The molecule has 0 saturated carbocycles. The Morgan fingerprint density at radius 3 is 2.44 bits per heavy atom. The fraction of sp³-hybridized carbons (Fsp3) is 0.357. The number of nitrogens with zero attached hydrogens (tertiary/aromatic N) is 1. The quantitative estimate of drug-likeness (QED) is 0.710. The Bertz CT molecular complexity index is 390. The number of hydrogen-bond donors (Lipinski definition) is 0. The van der Waals surface area contributed by atoms with Gasteiger partial charge in [0.15, 0.2) is 0 Å². The van der Waals surface area contributed by atoms with E-state index < -0.39 is 0 Å². The molecule has 1 amide bonds. The molecule has 1 heterocycles. The van der Waals surface area contributed by atoms with Crippen molar-refractivity contribution in [1.29, 1.82) is 0 Å². The highest BCUT2D eigenvalue weighted by atomic mass is 16.2. The van der Waals surface area contributed by atoms with Gasteiger partial charge in [0.25, 0.3) is 5.91 Å². The van der Waals surface area contributed by atoms with Crippen molar-refractivity contribution in [2.45, 2.75) is 19.3 Å². The summed E-state index contributed by atoms with van der Waals surface area (Å²) in [6, 6.07) is 7.85. The molecule has 0 N–H and O–H groups in total. The molecule has 2 heteroatoms. The Balaban J connectivity index is 2.12. The van der Waals surface area contributed by atoms with E-state index >= 15 is 0 Å². The van der Waals surface area contributed by atoms with Crippen LogP contribution in [0.4, 0.5) is 0 Å². The van der Waals surface area contributed by atoms with Crippen molar-refractivity contribution in [2.24, 2.45) is 0 Å². The average Bonchev–Trinajstić information content (AvgIpc) is 2.26. The van der Waals surface area contributed by atoms with E-state index in [0.717, 1.165) is 25.1 Å². The van der Waals surface area contributed by atoms with E-state index in [1.54, 1.807) is 0 Å². The van der Waals surface area contributed by atoms with Gasteiger partial charge < -0.3 is 4.90 Å². The third-order valence-corrected chi connectivity index (χ3v) is 3.18. The number of carbonyl (C=O) groups is 1. The van der Waals surface area contributed by atoms with Crippen LogP contribution in [0.1, 0.15) is 35.2 Å². The van der Waals surface area contributed by atoms with Crippen molar-refractivity contribution < 1.29 is 4.79 Å². The van der Waals surface area contributed by atoms with Gasteiger partial charge in [0, 0.05) is 18.7 Å². The molecule has 2 nitrogen and oxygen atoms in total. The van der Waals surface area contributed by atoms with Crippen molar-refractivity contribution in [3.8, 4) is 0 Å². The minimum atomic E-state index is 0.157. The second kappa shape index (κ2) is 4.52. The predicted molar refractivity (Wildman–Crippen MR) is 65.6 cm³/mol. The summed E-state index contributed by atoms with van der Waals surface area (Å²) in [4.78, 5) is 13.8. The zero-order valence-electron chi connectivity index (χ0n) is 9.65. The van der Waals surface area contributed by atoms with Gasteiger partial charge in [0.2, 0.25) is 0 Å². The summed E-state index contributed by atoms with van der Waals surface area (Å²) in [6.07, 6.45) is 3.05. The highest BCUT2D eigenvalue weighted by Gasteiger charge is 2.21. The van der Waals surface area contributed by atoms with Crippen molar-refractivity contribution in [3.05, 3.63) is 48.0 Å². The first kappa shape index (κ1) is 10.9. The van der Waals surface area contributed by atoms with Crippen molar-refractivity contribution >= 4 is 5.91 Å². The number of likely N-dealkylation sites (tertiary alicyclic amines) is 1. The SMILES string of the molecule is C=CC(C)c1ccc(C(=O)N2CCC2)cc1. The van der Waals surface area contributed by atoms with Crippen LogP contribution in [0.15, 0.2) is 36.9 Å². The predicted octanol–water partition coefficient (Wildman–Crippen LogP) is 2.82. The molecule has 1 aliphatic rings. The zero-order chi connectivity index (χ0) is 11.5. The summed E-state index contributed by atoms with van der Waals surface area (Å²) in [6.45, 7) is 7.68. The van der Waals surface area contributed by atoms with Crippen LogP contribution in [0.25, 0.3) is 0 Å². The molecule has 0 radical (unpaired) electrons. The molecule has 0 aromatic heterocycles. The number of benzene rings is 1. The molecule has 1 aromatic rings. The van der Waals surface area contributed by atoms with Crippen molar-refractivity contribution in [2.75, 3.05) is 13.1 Å². The Morgan fingerprint density at radius 2 is 2.00 bits per heavy atom. The van der Waals surface area contributed by atoms with E-state index in [4.69, 9.17) is 0 Å². The summed E-state index contributed by atoms with van der Waals surface area (Å²) in [5.74, 6) is 0.497. The van der Waals surface area contributed by atoms with Crippen LogP contribution in [0.5, 0.6) is 0 Å². The summed E-state index contributed by atoms with van der Waals surface area (Å²) in [7, 11) is 0. The van der Waals surface area contributed by atoms with E-state index in [9.17, 15) is 4.79 Å².